The zero-order valence-corrected chi connectivity index (χ0v) is 12.1. The van der Waals surface area contributed by atoms with Gasteiger partial charge < -0.3 is 5.32 Å². The molecule has 3 nitrogen and oxygen atoms in total. The first-order chi connectivity index (χ1) is 8.99. The molecule has 0 aliphatic heterocycles. The summed E-state index contributed by atoms with van der Waals surface area (Å²) in [6, 6.07) is 4.59. The van der Waals surface area contributed by atoms with Crippen molar-refractivity contribution in [1.82, 2.24) is 15.1 Å². The van der Waals surface area contributed by atoms with E-state index in [1.165, 1.54) is 6.07 Å². The van der Waals surface area contributed by atoms with E-state index in [2.05, 4.69) is 10.4 Å². The van der Waals surface area contributed by atoms with Gasteiger partial charge in [0.15, 0.2) is 0 Å². The monoisotopic (exact) mass is 281 g/mol. The molecular weight excluding hydrogens is 265 g/mol. The fourth-order valence-electron chi connectivity index (χ4n) is 2.07. The molecule has 0 atom stereocenters. The van der Waals surface area contributed by atoms with E-state index in [0.29, 0.717) is 23.7 Å². The van der Waals surface area contributed by atoms with E-state index in [4.69, 9.17) is 11.6 Å². The number of hydrogen-bond donors (Lipinski definition) is 1. The lowest BCUT2D eigenvalue weighted by molar-refractivity contribution is 0.587. The molecule has 2 rings (SSSR count). The fraction of sp³-hybridized carbons (Fsp3) is 0.357. The first kappa shape index (κ1) is 14.0. The Hall–Kier alpha value is -1.39. The van der Waals surface area contributed by atoms with Crippen molar-refractivity contribution in [2.45, 2.75) is 26.9 Å². The van der Waals surface area contributed by atoms with Gasteiger partial charge in [0.05, 0.1) is 5.69 Å². The molecule has 0 fully saturated rings. The van der Waals surface area contributed by atoms with Crippen LogP contribution in [0, 0.1) is 19.7 Å². The van der Waals surface area contributed by atoms with Crippen LogP contribution in [0.25, 0.3) is 0 Å². The summed E-state index contributed by atoms with van der Waals surface area (Å²) < 4.78 is 15.4. The van der Waals surface area contributed by atoms with Gasteiger partial charge in [0, 0.05) is 42.0 Å². The maximum atomic E-state index is 13.5. The van der Waals surface area contributed by atoms with E-state index in [9.17, 15) is 4.39 Å². The minimum absolute atomic E-state index is 0.239. The predicted molar refractivity (Wildman–Crippen MR) is 74.6 cm³/mol. The van der Waals surface area contributed by atoms with Crippen molar-refractivity contribution in [3.63, 3.8) is 0 Å². The number of hydrogen-bond acceptors (Lipinski definition) is 2. The van der Waals surface area contributed by atoms with Gasteiger partial charge in [-0.15, -0.1) is 0 Å². The molecule has 102 valence electrons. The molecular formula is C14H17ClFN3. The van der Waals surface area contributed by atoms with Crippen LogP contribution >= 0.6 is 11.6 Å². The van der Waals surface area contributed by atoms with Crippen LogP contribution in [0.3, 0.4) is 0 Å². The van der Waals surface area contributed by atoms with Gasteiger partial charge in [0.1, 0.15) is 5.82 Å². The lowest BCUT2D eigenvalue weighted by atomic mass is 10.1. The van der Waals surface area contributed by atoms with Gasteiger partial charge in [-0.2, -0.15) is 5.10 Å². The third kappa shape index (κ3) is 3.14. The van der Waals surface area contributed by atoms with Crippen LogP contribution < -0.4 is 5.32 Å². The molecule has 1 heterocycles. The van der Waals surface area contributed by atoms with Crippen molar-refractivity contribution >= 4 is 11.6 Å². The summed E-state index contributed by atoms with van der Waals surface area (Å²) in [5.41, 5.74) is 3.85. The Morgan fingerprint density at radius 2 is 2.05 bits per heavy atom. The van der Waals surface area contributed by atoms with Crippen molar-refractivity contribution < 1.29 is 4.39 Å². The van der Waals surface area contributed by atoms with E-state index < -0.39 is 0 Å². The van der Waals surface area contributed by atoms with Crippen LogP contribution in [0.2, 0.25) is 5.02 Å². The Morgan fingerprint density at radius 3 is 2.68 bits per heavy atom. The first-order valence-corrected chi connectivity index (χ1v) is 6.50. The molecule has 19 heavy (non-hydrogen) atoms. The van der Waals surface area contributed by atoms with Gasteiger partial charge in [-0.25, -0.2) is 4.39 Å². The van der Waals surface area contributed by atoms with Gasteiger partial charge in [0.2, 0.25) is 0 Å². The fourth-order valence-corrected chi connectivity index (χ4v) is 2.27. The molecule has 0 radical (unpaired) electrons. The number of halogens is 2. The van der Waals surface area contributed by atoms with Crippen molar-refractivity contribution in [3.8, 4) is 0 Å². The second kappa shape index (κ2) is 5.72. The van der Waals surface area contributed by atoms with Gasteiger partial charge in [-0.3, -0.25) is 4.68 Å². The summed E-state index contributed by atoms with van der Waals surface area (Å²) in [7, 11) is 1.92. The van der Waals surface area contributed by atoms with Crippen molar-refractivity contribution in [2.75, 3.05) is 0 Å². The molecule has 1 aromatic heterocycles. The molecule has 5 heteroatoms. The lowest BCUT2D eigenvalue weighted by Gasteiger charge is -2.07. The first-order valence-electron chi connectivity index (χ1n) is 6.12. The molecule has 0 aliphatic carbocycles. The smallest absolute Gasteiger partial charge is 0.127 e. The van der Waals surface area contributed by atoms with Crippen LogP contribution in [-0.4, -0.2) is 9.78 Å². The summed E-state index contributed by atoms with van der Waals surface area (Å²) in [6.45, 7) is 5.11. The molecule has 0 amide bonds. The normalized spacial score (nSPS) is 11.0. The molecule has 0 aliphatic rings. The summed E-state index contributed by atoms with van der Waals surface area (Å²) in [4.78, 5) is 0. The van der Waals surface area contributed by atoms with Crippen LogP contribution in [0.5, 0.6) is 0 Å². The SMILES string of the molecule is Cc1nn(C)c(C)c1CNCc1cc(Cl)ccc1F. The summed E-state index contributed by atoms with van der Waals surface area (Å²) in [5, 5.41) is 8.13. The molecule has 0 spiro atoms. The number of benzene rings is 1. The van der Waals surface area contributed by atoms with Gasteiger partial charge in [-0.1, -0.05) is 11.6 Å². The van der Waals surface area contributed by atoms with E-state index in [-0.39, 0.29) is 5.82 Å². The third-order valence-corrected chi connectivity index (χ3v) is 3.52. The predicted octanol–water partition coefficient (Wildman–Crippen LogP) is 3.12. The quantitative estimate of drug-likeness (QED) is 0.933. The Morgan fingerprint density at radius 1 is 1.32 bits per heavy atom. The van der Waals surface area contributed by atoms with Crippen molar-refractivity contribution in [1.29, 1.82) is 0 Å². The second-order valence-corrected chi connectivity index (χ2v) is 5.05. The third-order valence-electron chi connectivity index (χ3n) is 3.28. The molecule has 1 N–H and O–H groups in total. The van der Waals surface area contributed by atoms with E-state index in [0.717, 1.165) is 17.0 Å². The maximum absolute atomic E-state index is 13.5. The highest BCUT2D eigenvalue weighted by Gasteiger charge is 2.09. The summed E-state index contributed by atoms with van der Waals surface area (Å²) >= 11 is 5.86. The Kier molecular flexibility index (Phi) is 4.22. The van der Waals surface area contributed by atoms with Crippen LogP contribution in [0.4, 0.5) is 4.39 Å². The molecule has 1 aromatic carbocycles. The standard InChI is InChI=1S/C14H17ClFN3/c1-9-13(10(2)19(3)18-9)8-17-7-11-6-12(15)4-5-14(11)16/h4-6,17H,7-8H2,1-3H3. The Labute approximate surface area is 117 Å². The Bertz CT molecular complexity index is 593. The lowest BCUT2D eigenvalue weighted by Crippen LogP contribution is -2.15. The zero-order chi connectivity index (χ0) is 14.0. The minimum atomic E-state index is -0.239. The van der Waals surface area contributed by atoms with Gasteiger partial charge >= 0.3 is 0 Å². The highest BCUT2D eigenvalue weighted by molar-refractivity contribution is 6.30. The number of nitrogens with zero attached hydrogens (tertiary/aromatic N) is 2. The second-order valence-electron chi connectivity index (χ2n) is 4.61. The van der Waals surface area contributed by atoms with Crippen LogP contribution in [0.15, 0.2) is 18.2 Å². The number of aromatic nitrogens is 2. The number of rotatable bonds is 4. The van der Waals surface area contributed by atoms with E-state index in [1.807, 2.05) is 25.6 Å². The molecule has 0 bridgehead atoms. The summed E-state index contributed by atoms with van der Waals surface area (Å²) in [5.74, 6) is -0.239. The van der Waals surface area contributed by atoms with Gasteiger partial charge in [-0.05, 0) is 32.0 Å². The van der Waals surface area contributed by atoms with Crippen LogP contribution in [0.1, 0.15) is 22.5 Å². The Balaban J connectivity index is 2.02. The largest absolute Gasteiger partial charge is 0.308 e. The van der Waals surface area contributed by atoms with Gasteiger partial charge in [0.25, 0.3) is 0 Å². The molecule has 2 aromatic rings. The van der Waals surface area contributed by atoms with Crippen molar-refractivity contribution in [3.05, 3.63) is 51.6 Å². The molecule has 0 unspecified atom stereocenters. The van der Waals surface area contributed by atoms with E-state index in [1.54, 1.807) is 12.1 Å². The highest BCUT2D eigenvalue weighted by Crippen LogP contribution is 2.15. The highest BCUT2D eigenvalue weighted by atomic mass is 35.5. The average Bonchev–Trinajstić information content (AvgIpc) is 2.60. The topological polar surface area (TPSA) is 29.9 Å². The zero-order valence-electron chi connectivity index (χ0n) is 11.3. The number of nitrogens with one attached hydrogen (secondary N) is 1. The number of aryl methyl sites for hydroxylation is 2. The van der Waals surface area contributed by atoms with E-state index >= 15 is 0 Å². The average molecular weight is 282 g/mol. The minimum Gasteiger partial charge on any atom is -0.308 e. The molecule has 0 saturated heterocycles. The maximum Gasteiger partial charge on any atom is 0.127 e. The summed E-state index contributed by atoms with van der Waals surface area (Å²) in [6.07, 6.45) is 0. The van der Waals surface area contributed by atoms with Crippen LogP contribution in [-0.2, 0) is 20.1 Å². The molecule has 0 saturated carbocycles. The van der Waals surface area contributed by atoms with Crippen molar-refractivity contribution in [2.24, 2.45) is 7.05 Å².